The lowest BCUT2D eigenvalue weighted by molar-refractivity contribution is 0.0678. The molecule has 1 saturated heterocycles. The lowest BCUT2D eigenvalue weighted by Gasteiger charge is -2.43. The van der Waals surface area contributed by atoms with Crippen molar-refractivity contribution in [2.75, 3.05) is 19.6 Å². The van der Waals surface area contributed by atoms with Gasteiger partial charge in [0.1, 0.15) is 0 Å². The van der Waals surface area contributed by atoms with E-state index in [1.165, 1.54) is 0 Å². The predicted molar refractivity (Wildman–Crippen MR) is 67.5 cm³/mol. The first-order valence-electron chi connectivity index (χ1n) is 6.27. The van der Waals surface area contributed by atoms with Crippen LogP contribution in [0.1, 0.15) is 26.5 Å². The molecule has 0 aliphatic carbocycles. The second-order valence-electron chi connectivity index (χ2n) is 5.94. The van der Waals surface area contributed by atoms with Crippen LogP contribution in [0.4, 0.5) is 0 Å². The van der Waals surface area contributed by atoms with Crippen LogP contribution in [-0.2, 0) is 13.6 Å². The van der Waals surface area contributed by atoms with Crippen molar-refractivity contribution >= 4 is 0 Å². The van der Waals surface area contributed by atoms with Crippen LogP contribution in [0.15, 0.2) is 6.20 Å². The minimum Gasteiger partial charge on any atom is -0.314 e. The van der Waals surface area contributed by atoms with Crippen molar-refractivity contribution < 1.29 is 0 Å². The van der Waals surface area contributed by atoms with Crippen LogP contribution in [0.2, 0.25) is 0 Å². The van der Waals surface area contributed by atoms with Crippen molar-refractivity contribution in [1.29, 1.82) is 0 Å². The first-order chi connectivity index (χ1) is 7.97. The Morgan fingerprint density at radius 1 is 1.47 bits per heavy atom. The summed E-state index contributed by atoms with van der Waals surface area (Å²) < 4.78 is 1.77. The molecule has 1 aromatic rings. The van der Waals surface area contributed by atoms with E-state index in [0.29, 0.717) is 6.04 Å². The van der Waals surface area contributed by atoms with Gasteiger partial charge in [-0.3, -0.25) is 9.58 Å². The first-order valence-corrected chi connectivity index (χ1v) is 6.27. The summed E-state index contributed by atoms with van der Waals surface area (Å²) in [5.74, 6) is 0. The van der Waals surface area contributed by atoms with Crippen LogP contribution in [0.3, 0.4) is 0 Å². The molecule has 0 bridgehead atoms. The smallest absolute Gasteiger partial charge is 0.0967 e. The summed E-state index contributed by atoms with van der Waals surface area (Å²) in [7, 11) is 1.91. The van der Waals surface area contributed by atoms with Crippen molar-refractivity contribution in [2.24, 2.45) is 12.5 Å². The highest BCUT2D eigenvalue weighted by molar-refractivity contribution is 4.96. The van der Waals surface area contributed by atoms with Crippen molar-refractivity contribution in [2.45, 2.75) is 33.4 Å². The molecule has 0 aromatic carbocycles. The average molecular weight is 237 g/mol. The molecule has 0 saturated carbocycles. The summed E-state index contributed by atoms with van der Waals surface area (Å²) in [4.78, 5) is 2.51. The standard InChI is InChI=1S/C12H23N5/c1-12(2,3)11-7-13-5-6-17(11)9-10-8-16(4)15-14-10/h8,11,13H,5-7,9H2,1-4H3. The summed E-state index contributed by atoms with van der Waals surface area (Å²) >= 11 is 0. The third-order valence-electron chi connectivity index (χ3n) is 3.37. The molecule has 2 heterocycles. The molecular weight excluding hydrogens is 214 g/mol. The molecule has 96 valence electrons. The van der Waals surface area contributed by atoms with Gasteiger partial charge in [0.05, 0.1) is 5.69 Å². The van der Waals surface area contributed by atoms with Gasteiger partial charge in [0.2, 0.25) is 0 Å². The number of hydrogen-bond acceptors (Lipinski definition) is 4. The Labute approximate surface area is 103 Å². The highest BCUT2D eigenvalue weighted by Crippen LogP contribution is 2.26. The van der Waals surface area contributed by atoms with Crippen molar-refractivity contribution in [3.63, 3.8) is 0 Å². The van der Waals surface area contributed by atoms with Gasteiger partial charge in [-0.15, -0.1) is 5.10 Å². The molecule has 17 heavy (non-hydrogen) atoms. The average Bonchev–Trinajstić information content (AvgIpc) is 2.63. The Kier molecular flexibility index (Phi) is 3.49. The minimum absolute atomic E-state index is 0.287. The molecule has 1 fully saturated rings. The summed E-state index contributed by atoms with van der Waals surface area (Å²) in [5.41, 5.74) is 1.35. The van der Waals surface area contributed by atoms with E-state index in [2.05, 4.69) is 41.3 Å². The summed E-state index contributed by atoms with van der Waals surface area (Å²) in [5, 5.41) is 11.7. The van der Waals surface area contributed by atoms with E-state index < -0.39 is 0 Å². The summed E-state index contributed by atoms with van der Waals surface area (Å²) in [6.45, 7) is 11.0. The molecule has 1 aliphatic heterocycles. The van der Waals surface area contributed by atoms with Gasteiger partial charge in [0, 0.05) is 45.5 Å². The van der Waals surface area contributed by atoms with Crippen LogP contribution in [0.5, 0.6) is 0 Å². The van der Waals surface area contributed by atoms with E-state index in [9.17, 15) is 0 Å². The maximum absolute atomic E-state index is 4.18. The van der Waals surface area contributed by atoms with Gasteiger partial charge in [-0.05, 0) is 5.41 Å². The van der Waals surface area contributed by atoms with Crippen LogP contribution in [-0.4, -0.2) is 45.6 Å². The van der Waals surface area contributed by atoms with E-state index in [-0.39, 0.29) is 5.41 Å². The molecule has 2 rings (SSSR count). The quantitative estimate of drug-likeness (QED) is 0.820. The molecule has 0 amide bonds. The Morgan fingerprint density at radius 2 is 2.24 bits per heavy atom. The Bertz CT molecular complexity index is 365. The van der Waals surface area contributed by atoms with Gasteiger partial charge in [-0.1, -0.05) is 26.0 Å². The van der Waals surface area contributed by atoms with E-state index in [1.54, 1.807) is 4.68 Å². The van der Waals surface area contributed by atoms with Gasteiger partial charge in [0.25, 0.3) is 0 Å². The zero-order valence-corrected chi connectivity index (χ0v) is 11.3. The van der Waals surface area contributed by atoms with Crippen LogP contribution in [0, 0.1) is 5.41 Å². The number of hydrogen-bond donors (Lipinski definition) is 1. The highest BCUT2D eigenvalue weighted by Gasteiger charge is 2.32. The maximum Gasteiger partial charge on any atom is 0.0967 e. The highest BCUT2D eigenvalue weighted by atomic mass is 15.4. The van der Waals surface area contributed by atoms with Gasteiger partial charge in [-0.25, -0.2) is 0 Å². The predicted octanol–water partition coefficient (Wildman–Crippen LogP) is 0.635. The lowest BCUT2D eigenvalue weighted by atomic mass is 9.84. The molecule has 1 N–H and O–H groups in total. The normalized spacial score (nSPS) is 22.9. The molecular formula is C12H23N5. The SMILES string of the molecule is Cn1cc(CN2CCNCC2C(C)(C)C)nn1. The first kappa shape index (κ1) is 12.5. The fourth-order valence-electron chi connectivity index (χ4n) is 2.47. The zero-order chi connectivity index (χ0) is 12.5. The second kappa shape index (κ2) is 4.74. The summed E-state index contributed by atoms with van der Waals surface area (Å²) in [6.07, 6.45) is 2.00. The lowest BCUT2D eigenvalue weighted by Crippen LogP contribution is -2.56. The van der Waals surface area contributed by atoms with Crippen molar-refractivity contribution in [1.82, 2.24) is 25.2 Å². The Hall–Kier alpha value is -0.940. The molecule has 5 nitrogen and oxygen atoms in total. The van der Waals surface area contributed by atoms with Crippen LogP contribution >= 0.6 is 0 Å². The van der Waals surface area contributed by atoms with Gasteiger partial charge in [0.15, 0.2) is 0 Å². The monoisotopic (exact) mass is 237 g/mol. The molecule has 0 radical (unpaired) electrons. The fourth-order valence-corrected chi connectivity index (χ4v) is 2.47. The minimum atomic E-state index is 0.287. The van der Waals surface area contributed by atoms with E-state index in [4.69, 9.17) is 0 Å². The molecule has 1 atom stereocenters. The maximum atomic E-state index is 4.18. The number of aryl methyl sites for hydroxylation is 1. The molecule has 1 aromatic heterocycles. The number of piperazine rings is 1. The third kappa shape index (κ3) is 3.04. The van der Waals surface area contributed by atoms with Crippen LogP contribution < -0.4 is 5.32 Å². The van der Waals surface area contributed by atoms with Crippen molar-refractivity contribution in [3.8, 4) is 0 Å². The fraction of sp³-hybridized carbons (Fsp3) is 0.833. The van der Waals surface area contributed by atoms with E-state index in [1.807, 2.05) is 13.2 Å². The molecule has 5 heteroatoms. The third-order valence-corrected chi connectivity index (χ3v) is 3.37. The van der Waals surface area contributed by atoms with E-state index in [0.717, 1.165) is 31.9 Å². The molecule has 1 aliphatic rings. The second-order valence-corrected chi connectivity index (χ2v) is 5.94. The Morgan fingerprint density at radius 3 is 2.82 bits per heavy atom. The molecule has 1 unspecified atom stereocenters. The van der Waals surface area contributed by atoms with E-state index >= 15 is 0 Å². The number of nitrogens with one attached hydrogen (secondary N) is 1. The van der Waals surface area contributed by atoms with Crippen molar-refractivity contribution in [3.05, 3.63) is 11.9 Å². The van der Waals surface area contributed by atoms with Crippen LogP contribution in [0.25, 0.3) is 0 Å². The Balaban J connectivity index is 2.06. The van der Waals surface area contributed by atoms with Gasteiger partial charge in [-0.2, -0.15) is 0 Å². The number of aromatic nitrogens is 3. The number of nitrogens with zero attached hydrogens (tertiary/aromatic N) is 4. The topological polar surface area (TPSA) is 46.0 Å². The largest absolute Gasteiger partial charge is 0.314 e. The molecule has 0 spiro atoms. The van der Waals surface area contributed by atoms with Gasteiger partial charge >= 0.3 is 0 Å². The number of rotatable bonds is 2. The van der Waals surface area contributed by atoms with Gasteiger partial charge < -0.3 is 5.32 Å². The zero-order valence-electron chi connectivity index (χ0n) is 11.3. The summed E-state index contributed by atoms with van der Waals surface area (Å²) in [6, 6.07) is 0.554.